The second kappa shape index (κ2) is 3.23. The molecule has 2 rings (SSSR count). The van der Waals surface area contributed by atoms with Crippen LogP contribution in [0.15, 0.2) is 30.6 Å². The highest BCUT2D eigenvalue weighted by atomic mass is 79.9. The van der Waals surface area contributed by atoms with Crippen molar-refractivity contribution in [2.24, 2.45) is 0 Å². The van der Waals surface area contributed by atoms with Crippen LogP contribution in [-0.4, -0.2) is 4.40 Å². The van der Waals surface area contributed by atoms with Crippen LogP contribution in [0.2, 0.25) is 0 Å². The summed E-state index contributed by atoms with van der Waals surface area (Å²) >= 11 is 3.36. The van der Waals surface area contributed by atoms with Crippen molar-refractivity contribution in [3.8, 4) is 6.07 Å². The third kappa shape index (κ3) is 1.34. The summed E-state index contributed by atoms with van der Waals surface area (Å²) in [5, 5.41) is 9.58. The Morgan fingerprint density at radius 1 is 1.54 bits per heavy atom. The summed E-state index contributed by atoms with van der Waals surface area (Å²) in [6.07, 6.45) is 3.95. The zero-order valence-corrected chi connectivity index (χ0v) is 8.45. The Labute approximate surface area is 84.5 Å². The van der Waals surface area contributed by atoms with Crippen molar-refractivity contribution in [2.75, 3.05) is 0 Å². The van der Waals surface area contributed by atoms with E-state index in [0.717, 1.165) is 16.6 Å². The molecule has 0 fully saturated rings. The molecule has 13 heavy (non-hydrogen) atoms. The molecule has 2 heterocycles. The van der Waals surface area contributed by atoms with Gasteiger partial charge in [-0.2, -0.15) is 5.26 Å². The Morgan fingerprint density at radius 2 is 2.38 bits per heavy atom. The first-order valence-corrected chi connectivity index (χ1v) is 5.03. The third-order valence-electron chi connectivity index (χ3n) is 2.01. The van der Waals surface area contributed by atoms with Crippen LogP contribution in [0.25, 0.3) is 5.52 Å². The van der Waals surface area contributed by atoms with Crippen molar-refractivity contribution in [3.63, 3.8) is 0 Å². The molecule has 2 aromatic rings. The molecule has 0 saturated carbocycles. The fourth-order valence-corrected chi connectivity index (χ4v) is 1.78. The maximum absolute atomic E-state index is 8.87. The van der Waals surface area contributed by atoms with Gasteiger partial charge in [0.05, 0.1) is 11.6 Å². The number of alkyl halides is 1. The molecule has 3 heteroatoms. The van der Waals surface area contributed by atoms with Crippen LogP contribution >= 0.6 is 15.9 Å². The molecule has 0 bridgehead atoms. The summed E-state index contributed by atoms with van der Waals surface area (Å²) in [4.78, 5) is 0. The van der Waals surface area contributed by atoms with Crippen molar-refractivity contribution >= 4 is 21.4 Å². The Kier molecular flexibility index (Phi) is 2.07. The van der Waals surface area contributed by atoms with Gasteiger partial charge in [-0.3, -0.25) is 0 Å². The first-order chi connectivity index (χ1) is 6.35. The van der Waals surface area contributed by atoms with E-state index >= 15 is 0 Å². The Bertz CT molecular complexity index is 479. The number of halogens is 1. The zero-order chi connectivity index (χ0) is 9.26. The van der Waals surface area contributed by atoms with Crippen molar-refractivity contribution in [1.29, 1.82) is 5.26 Å². The summed E-state index contributed by atoms with van der Waals surface area (Å²) in [6.45, 7) is 0. The predicted octanol–water partition coefficient (Wildman–Crippen LogP) is 2.71. The van der Waals surface area contributed by atoms with Gasteiger partial charge in [0.25, 0.3) is 0 Å². The minimum Gasteiger partial charge on any atom is -0.323 e. The van der Waals surface area contributed by atoms with Gasteiger partial charge >= 0.3 is 0 Å². The van der Waals surface area contributed by atoms with Crippen LogP contribution in [0.5, 0.6) is 0 Å². The van der Waals surface area contributed by atoms with E-state index in [1.807, 2.05) is 35.0 Å². The molecule has 0 aromatic carbocycles. The average Bonchev–Trinajstić information content (AvgIpc) is 2.62. The fourth-order valence-electron chi connectivity index (χ4n) is 1.34. The highest BCUT2D eigenvalue weighted by Gasteiger charge is 2.02. The van der Waals surface area contributed by atoms with Crippen LogP contribution in [-0.2, 0) is 5.33 Å². The first kappa shape index (κ1) is 8.33. The van der Waals surface area contributed by atoms with E-state index in [-0.39, 0.29) is 0 Å². The van der Waals surface area contributed by atoms with Crippen molar-refractivity contribution < 1.29 is 0 Å². The molecule has 0 aliphatic rings. The van der Waals surface area contributed by atoms with Gasteiger partial charge in [0.1, 0.15) is 0 Å². The van der Waals surface area contributed by atoms with E-state index in [2.05, 4.69) is 22.0 Å². The summed E-state index contributed by atoms with van der Waals surface area (Å²) < 4.78 is 2.01. The summed E-state index contributed by atoms with van der Waals surface area (Å²) in [5.74, 6) is 0. The number of nitriles is 1. The molecule has 2 aromatic heterocycles. The standard InChI is InChI=1S/C10H7BrN2/c11-5-9-7-13-3-1-2-10(13)4-8(9)6-12/h1-4,7H,5H2. The molecule has 0 aliphatic carbocycles. The Balaban J connectivity index is 2.76. The topological polar surface area (TPSA) is 28.2 Å². The van der Waals surface area contributed by atoms with Gasteiger partial charge in [-0.15, -0.1) is 0 Å². The Morgan fingerprint density at radius 3 is 3.08 bits per heavy atom. The molecule has 2 nitrogen and oxygen atoms in total. The summed E-state index contributed by atoms with van der Waals surface area (Å²) in [5.41, 5.74) is 2.82. The van der Waals surface area contributed by atoms with E-state index in [0.29, 0.717) is 5.33 Å². The average molecular weight is 235 g/mol. The maximum atomic E-state index is 8.87. The predicted molar refractivity (Wildman–Crippen MR) is 54.7 cm³/mol. The third-order valence-corrected chi connectivity index (χ3v) is 2.61. The van der Waals surface area contributed by atoms with Crippen molar-refractivity contribution in [3.05, 3.63) is 41.7 Å². The molecule has 0 saturated heterocycles. The Hall–Kier alpha value is -1.27. The monoisotopic (exact) mass is 234 g/mol. The highest BCUT2D eigenvalue weighted by molar-refractivity contribution is 9.08. The smallest absolute Gasteiger partial charge is 0.0996 e. The lowest BCUT2D eigenvalue weighted by molar-refractivity contribution is 1.15. The van der Waals surface area contributed by atoms with Crippen LogP contribution < -0.4 is 0 Å². The molecule has 0 radical (unpaired) electrons. The summed E-state index contributed by atoms with van der Waals surface area (Å²) in [7, 11) is 0. The molecule has 0 spiro atoms. The normalized spacial score (nSPS) is 10.2. The molecule has 0 atom stereocenters. The quantitative estimate of drug-likeness (QED) is 0.698. The largest absolute Gasteiger partial charge is 0.323 e. The summed E-state index contributed by atoms with van der Waals surface area (Å²) in [6, 6.07) is 8.04. The lowest BCUT2D eigenvalue weighted by Gasteiger charge is -2.01. The molecular weight excluding hydrogens is 228 g/mol. The van der Waals surface area contributed by atoms with E-state index in [4.69, 9.17) is 5.26 Å². The molecule has 0 N–H and O–H groups in total. The number of aromatic nitrogens is 1. The molecule has 64 valence electrons. The molecular formula is C10H7BrN2. The van der Waals surface area contributed by atoms with Crippen LogP contribution in [0.4, 0.5) is 0 Å². The van der Waals surface area contributed by atoms with Crippen LogP contribution in [0.1, 0.15) is 11.1 Å². The van der Waals surface area contributed by atoms with Gasteiger partial charge in [-0.05, 0) is 23.8 Å². The van der Waals surface area contributed by atoms with Gasteiger partial charge in [0, 0.05) is 23.2 Å². The fraction of sp³-hybridized carbons (Fsp3) is 0.100. The minimum atomic E-state index is 0.712. The number of fused-ring (bicyclic) bond motifs is 1. The number of hydrogen-bond donors (Lipinski definition) is 0. The lowest BCUT2D eigenvalue weighted by Crippen LogP contribution is -1.90. The molecule has 0 aliphatic heterocycles. The van der Waals surface area contributed by atoms with Crippen LogP contribution in [0, 0.1) is 11.3 Å². The lowest BCUT2D eigenvalue weighted by atomic mass is 10.2. The number of nitrogens with zero attached hydrogens (tertiary/aromatic N) is 2. The maximum Gasteiger partial charge on any atom is 0.0996 e. The van der Waals surface area contributed by atoms with E-state index in [9.17, 15) is 0 Å². The number of hydrogen-bond acceptors (Lipinski definition) is 1. The highest BCUT2D eigenvalue weighted by Crippen LogP contribution is 2.15. The molecule has 0 amide bonds. The van der Waals surface area contributed by atoms with Gasteiger partial charge in [-0.1, -0.05) is 15.9 Å². The number of rotatable bonds is 1. The van der Waals surface area contributed by atoms with E-state index < -0.39 is 0 Å². The molecule has 0 unspecified atom stereocenters. The van der Waals surface area contributed by atoms with E-state index in [1.165, 1.54) is 0 Å². The van der Waals surface area contributed by atoms with Gasteiger partial charge in [0.2, 0.25) is 0 Å². The first-order valence-electron chi connectivity index (χ1n) is 3.91. The van der Waals surface area contributed by atoms with Crippen molar-refractivity contribution in [1.82, 2.24) is 4.40 Å². The zero-order valence-electron chi connectivity index (χ0n) is 6.87. The van der Waals surface area contributed by atoms with Crippen LogP contribution in [0.3, 0.4) is 0 Å². The van der Waals surface area contributed by atoms with E-state index in [1.54, 1.807) is 0 Å². The second-order valence-corrected chi connectivity index (χ2v) is 3.36. The SMILES string of the molecule is N#Cc1cc2cccn2cc1CBr. The minimum absolute atomic E-state index is 0.712. The second-order valence-electron chi connectivity index (χ2n) is 2.80. The van der Waals surface area contributed by atoms with Crippen molar-refractivity contribution in [2.45, 2.75) is 5.33 Å². The van der Waals surface area contributed by atoms with Gasteiger partial charge in [0.15, 0.2) is 0 Å². The number of pyridine rings is 1. The van der Waals surface area contributed by atoms with Gasteiger partial charge < -0.3 is 4.40 Å². The van der Waals surface area contributed by atoms with Gasteiger partial charge in [-0.25, -0.2) is 0 Å².